The van der Waals surface area contributed by atoms with Gasteiger partial charge in [0, 0.05) is 5.88 Å². The molecule has 1 heteroatoms. The van der Waals surface area contributed by atoms with Gasteiger partial charge in [0.15, 0.2) is 0 Å². The molecule has 0 rings (SSSR count). The van der Waals surface area contributed by atoms with Crippen molar-refractivity contribution >= 4 is 11.6 Å². The summed E-state index contributed by atoms with van der Waals surface area (Å²) in [5.41, 5.74) is 0. The Hall–Kier alpha value is 0.0300. The third-order valence-corrected chi connectivity index (χ3v) is 3.16. The highest BCUT2D eigenvalue weighted by molar-refractivity contribution is 6.17. The Balaban J connectivity index is 2.98. The highest BCUT2D eigenvalue weighted by Crippen LogP contribution is 2.08. The van der Waals surface area contributed by atoms with Crippen LogP contribution in [-0.2, 0) is 0 Å². The number of unbranched alkanes of at least 4 members (excludes halogenated alkanes) is 9. The van der Waals surface area contributed by atoms with Crippen LogP contribution in [0.25, 0.3) is 0 Å². The number of hydrogen-bond donors (Lipinski definition) is 0. The van der Waals surface area contributed by atoms with Crippen LogP contribution in [0.1, 0.15) is 77.6 Å². The Kier molecular flexibility index (Phi) is 15.1. The van der Waals surface area contributed by atoms with Crippen molar-refractivity contribution < 1.29 is 0 Å². The molecular formula is C15H29Cl. The minimum absolute atomic E-state index is 0.821. The molecule has 0 radical (unpaired) electrons. The van der Waals surface area contributed by atoms with Crippen molar-refractivity contribution in [2.75, 3.05) is 5.88 Å². The van der Waals surface area contributed by atoms with Crippen molar-refractivity contribution in [3.63, 3.8) is 0 Å². The number of hydrogen-bond acceptors (Lipinski definition) is 0. The normalized spacial score (nSPS) is 11.4. The molecule has 0 aliphatic rings. The van der Waals surface area contributed by atoms with E-state index in [9.17, 15) is 0 Å². The molecule has 0 amide bonds. The van der Waals surface area contributed by atoms with Gasteiger partial charge >= 0.3 is 0 Å². The zero-order valence-electron chi connectivity index (χ0n) is 11.0. The minimum atomic E-state index is 0.821. The lowest BCUT2D eigenvalue weighted by molar-refractivity contribution is 0.611. The molecule has 0 saturated heterocycles. The Morgan fingerprint density at radius 1 is 0.688 bits per heavy atom. The zero-order chi connectivity index (χ0) is 11.9. The molecule has 0 aliphatic heterocycles. The Morgan fingerprint density at radius 3 is 1.75 bits per heavy atom. The van der Waals surface area contributed by atoms with Crippen molar-refractivity contribution in [3.05, 3.63) is 12.2 Å². The predicted molar refractivity (Wildman–Crippen MR) is 76.3 cm³/mol. The van der Waals surface area contributed by atoms with E-state index in [1.807, 2.05) is 0 Å². The molecule has 0 spiro atoms. The van der Waals surface area contributed by atoms with Crippen LogP contribution in [0.15, 0.2) is 12.2 Å². The minimum Gasteiger partial charge on any atom is -0.127 e. The van der Waals surface area contributed by atoms with E-state index in [4.69, 9.17) is 11.6 Å². The van der Waals surface area contributed by atoms with E-state index in [0.717, 1.165) is 5.88 Å². The van der Waals surface area contributed by atoms with Gasteiger partial charge in [-0.3, -0.25) is 0 Å². The van der Waals surface area contributed by atoms with Crippen LogP contribution in [-0.4, -0.2) is 5.88 Å². The van der Waals surface area contributed by atoms with Gasteiger partial charge in [-0.05, 0) is 32.1 Å². The van der Waals surface area contributed by atoms with Gasteiger partial charge in [-0.1, -0.05) is 57.6 Å². The highest BCUT2D eigenvalue weighted by atomic mass is 35.5. The predicted octanol–water partition coefficient (Wildman–Crippen LogP) is 6.09. The van der Waals surface area contributed by atoms with E-state index >= 15 is 0 Å². The molecule has 0 N–H and O–H groups in total. The van der Waals surface area contributed by atoms with Gasteiger partial charge in [0.2, 0.25) is 0 Å². The van der Waals surface area contributed by atoms with Crippen molar-refractivity contribution in [2.24, 2.45) is 0 Å². The summed E-state index contributed by atoms with van der Waals surface area (Å²) in [6.45, 7) is 2.27. The fourth-order valence-corrected chi connectivity index (χ4v) is 2.00. The topological polar surface area (TPSA) is 0 Å². The lowest BCUT2D eigenvalue weighted by Gasteiger charge is -1.97. The van der Waals surface area contributed by atoms with Crippen LogP contribution in [0, 0.1) is 0 Å². The Bertz CT molecular complexity index is 140. The molecule has 16 heavy (non-hydrogen) atoms. The van der Waals surface area contributed by atoms with Crippen molar-refractivity contribution in [3.8, 4) is 0 Å². The smallest absolute Gasteiger partial charge is 0.0223 e. The zero-order valence-corrected chi connectivity index (χ0v) is 11.8. The lowest BCUT2D eigenvalue weighted by Crippen LogP contribution is -1.78. The average Bonchev–Trinajstić information content (AvgIpc) is 2.31. The summed E-state index contributed by atoms with van der Waals surface area (Å²) in [6, 6.07) is 0. The van der Waals surface area contributed by atoms with Crippen LogP contribution in [0.2, 0.25) is 0 Å². The van der Waals surface area contributed by atoms with Gasteiger partial charge in [0.1, 0.15) is 0 Å². The van der Waals surface area contributed by atoms with E-state index in [-0.39, 0.29) is 0 Å². The molecule has 0 aliphatic carbocycles. The summed E-state index contributed by atoms with van der Waals surface area (Å²) < 4.78 is 0. The largest absolute Gasteiger partial charge is 0.127 e. The number of rotatable bonds is 12. The summed E-state index contributed by atoms with van der Waals surface area (Å²) in [5, 5.41) is 0. The van der Waals surface area contributed by atoms with Crippen LogP contribution >= 0.6 is 11.6 Å². The first kappa shape index (κ1) is 16.0. The molecule has 0 fully saturated rings. The first-order chi connectivity index (χ1) is 7.91. The SMILES string of the molecule is CCCCCCCC/C=C/CCCCCCl. The highest BCUT2D eigenvalue weighted by Gasteiger charge is 1.88. The van der Waals surface area contributed by atoms with Crippen molar-refractivity contribution in [2.45, 2.75) is 77.6 Å². The van der Waals surface area contributed by atoms with Gasteiger partial charge in [-0.15, -0.1) is 11.6 Å². The van der Waals surface area contributed by atoms with Gasteiger partial charge in [-0.25, -0.2) is 0 Å². The average molecular weight is 245 g/mol. The maximum absolute atomic E-state index is 5.62. The van der Waals surface area contributed by atoms with Crippen molar-refractivity contribution in [1.82, 2.24) is 0 Å². The molecule has 96 valence electrons. The van der Waals surface area contributed by atoms with E-state index < -0.39 is 0 Å². The van der Waals surface area contributed by atoms with Gasteiger partial charge in [0.25, 0.3) is 0 Å². The number of alkyl halides is 1. The molecule has 0 aromatic heterocycles. The lowest BCUT2D eigenvalue weighted by atomic mass is 10.1. The van der Waals surface area contributed by atoms with Gasteiger partial charge < -0.3 is 0 Å². The van der Waals surface area contributed by atoms with Gasteiger partial charge in [0.05, 0.1) is 0 Å². The van der Waals surface area contributed by atoms with Crippen molar-refractivity contribution in [1.29, 1.82) is 0 Å². The monoisotopic (exact) mass is 244 g/mol. The molecule has 0 heterocycles. The van der Waals surface area contributed by atoms with E-state index in [1.54, 1.807) is 0 Å². The maximum atomic E-state index is 5.62. The standard InChI is InChI=1S/C15H29Cl/c1-2-3-4-5-6-7-8-9-10-11-12-13-14-15-16/h9-10H,2-8,11-15H2,1H3/b10-9+. The summed E-state index contributed by atoms with van der Waals surface area (Å²) in [7, 11) is 0. The molecule has 0 aromatic carbocycles. The molecule has 0 atom stereocenters. The molecule has 0 bridgehead atoms. The number of halogens is 1. The molecule has 0 saturated carbocycles. The molecular weight excluding hydrogens is 216 g/mol. The second-order valence-corrected chi connectivity index (χ2v) is 4.94. The molecule has 0 nitrogen and oxygen atoms in total. The second kappa shape index (κ2) is 15.0. The van der Waals surface area contributed by atoms with E-state index in [0.29, 0.717) is 0 Å². The third kappa shape index (κ3) is 14.0. The van der Waals surface area contributed by atoms with E-state index in [1.165, 1.54) is 70.6 Å². The van der Waals surface area contributed by atoms with E-state index in [2.05, 4.69) is 19.1 Å². The Labute approximate surface area is 107 Å². The molecule has 0 aromatic rings. The first-order valence-electron chi connectivity index (χ1n) is 7.12. The number of allylic oxidation sites excluding steroid dienone is 2. The fourth-order valence-electron chi connectivity index (χ4n) is 1.81. The van der Waals surface area contributed by atoms with Crippen LogP contribution in [0.4, 0.5) is 0 Å². The maximum Gasteiger partial charge on any atom is 0.0223 e. The first-order valence-corrected chi connectivity index (χ1v) is 7.66. The summed E-state index contributed by atoms with van der Waals surface area (Å²) in [4.78, 5) is 0. The fraction of sp³-hybridized carbons (Fsp3) is 0.867. The second-order valence-electron chi connectivity index (χ2n) is 4.57. The summed E-state index contributed by atoms with van der Waals surface area (Å²) >= 11 is 5.62. The van der Waals surface area contributed by atoms with Gasteiger partial charge in [-0.2, -0.15) is 0 Å². The summed E-state index contributed by atoms with van der Waals surface area (Å²) in [6.07, 6.45) is 19.4. The third-order valence-electron chi connectivity index (χ3n) is 2.90. The summed E-state index contributed by atoms with van der Waals surface area (Å²) in [5.74, 6) is 0.821. The quantitative estimate of drug-likeness (QED) is 0.221. The van der Waals surface area contributed by atoms with Crippen LogP contribution < -0.4 is 0 Å². The molecule has 0 unspecified atom stereocenters. The van der Waals surface area contributed by atoms with Crippen LogP contribution in [0.5, 0.6) is 0 Å². The van der Waals surface area contributed by atoms with Crippen LogP contribution in [0.3, 0.4) is 0 Å². The Morgan fingerprint density at radius 2 is 1.19 bits per heavy atom.